The lowest BCUT2D eigenvalue weighted by atomic mass is 9.99. The first-order valence-corrected chi connectivity index (χ1v) is 9.24. The Bertz CT molecular complexity index is 1370. The van der Waals surface area contributed by atoms with Gasteiger partial charge >= 0.3 is 0 Å². The summed E-state index contributed by atoms with van der Waals surface area (Å²) in [6, 6.07) is 16.6. The van der Waals surface area contributed by atoms with E-state index in [9.17, 15) is 4.79 Å². The molecule has 0 aliphatic carbocycles. The highest BCUT2D eigenvalue weighted by molar-refractivity contribution is 5.83. The van der Waals surface area contributed by atoms with Crippen molar-refractivity contribution in [2.24, 2.45) is 0 Å². The molecule has 142 valence electrons. The molecule has 0 radical (unpaired) electrons. The summed E-state index contributed by atoms with van der Waals surface area (Å²) in [6.45, 7) is 1.91. The van der Waals surface area contributed by atoms with Gasteiger partial charge in [-0.1, -0.05) is 42.5 Å². The molecule has 1 atom stereocenters. The predicted molar refractivity (Wildman–Crippen MR) is 112 cm³/mol. The van der Waals surface area contributed by atoms with Gasteiger partial charge in [-0.3, -0.25) is 4.79 Å². The van der Waals surface area contributed by atoms with Gasteiger partial charge in [-0.2, -0.15) is 0 Å². The molecule has 0 aliphatic heterocycles. The van der Waals surface area contributed by atoms with Crippen LogP contribution in [0.2, 0.25) is 0 Å². The number of nitrogens with zero attached hydrogens (tertiary/aromatic N) is 3. The molecule has 2 aromatic carbocycles. The van der Waals surface area contributed by atoms with E-state index in [4.69, 9.17) is 4.42 Å². The summed E-state index contributed by atoms with van der Waals surface area (Å²) in [6.07, 6.45) is 3.01. The van der Waals surface area contributed by atoms with Gasteiger partial charge in [-0.05, 0) is 19.1 Å². The van der Waals surface area contributed by atoms with Crippen LogP contribution in [0.3, 0.4) is 0 Å². The number of rotatable bonds is 4. The van der Waals surface area contributed by atoms with Crippen molar-refractivity contribution in [1.29, 1.82) is 0 Å². The lowest BCUT2D eigenvalue weighted by molar-refractivity contribution is 0.604. The topological polar surface area (TPSA) is 96.7 Å². The van der Waals surface area contributed by atoms with Crippen molar-refractivity contribution < 1.29 is 4.42 Å². The van der Waals surface area contributed by atoms with Crippen molar-refractivity contribution in [2.45, 2.75) is 13.0 Å². The fourth-order valence-corrected chi connectivity index (χ4v) is 3.51. The molecular weight excluding hydrogens is 366 g/mol. The number of nitrogens with one attached hydrogen (secondary N) is 2. The third kappa shape index (κ3) is 2.93. The van der Waals surface area contributed by atoms with Crippen LogP contribution in [0, 0.1) is 0 Å². The first-order valence-electron chi connectivity index (χ1n) is 9.24. The third-order valence-corrected chi connectivity index (χ3v) is 4.88. The SMILES string of the molecule is CC(Nc1ncnc2nc[nH]c12)c1c(-c2ccccc2)oc2ccccc2c1=O. The van der Waals surface area contributed by atoms with Gasteiger partial charge in [0, 0.05) is 5.56 Å². The summed E-state index contributed by atoms with van der Waals surface area (Å²) in [5.41, 5.74) is 3.12. The van der Waals surface area contributed by atoms with Gasteiger partial charge in [0.2, 0.25) is 0 Å². The van der Waals surface area contributed by atoms with Crippen molar-refractivity contribution in [2.75, 3.05) is 5.32 Å². The highest BCUT2D eigenvalue weighted by Crippen LogP contribution is 2.31. The zero-order valence-corrected chi connectivity index (χ0v) is 15.6. The maximum atomic E-state index is 13.4. The Morgan fingerprint density at radius 1 is 1.00 bits per heavy atom. The molecule has 0 fully saturated rings. The number of hydrogen-bond donors (Lipinski definition) is 2. The normalized spacial score (nSPS) is 12.3. The van der Waals surface area contributed by atoms with Crippen molar-refractivity contribution >= 4 is 28.0 Å². The Hall–Kier alpha value is -4.00. The summed E-state index contributed by atoms with van der Waals surface area (Å²) in [5.74, 6) is 1.12. The second-order valence-corrected chi connectivity index (χ2v) is 6.73. The fraction of sp³-hybridized carbons (Fsp3) is 0.0909. The van der Waals surface area contributed by atoms with Crippen LogP contribution in [-0.2, 0) is 0 Å². The largest absolute Gasteiger partial charge is 0.455 e. The maximum absolute atomic E-state index is 13.4. The average molecular weight is 383 g/mol. The Morgan fingerprint density at radius 2 is 1.79 bits per heavy atom. The zero-order valence-electron chi connectivity index (χ0n) is 15.6. The molecule has 0 aliphatic rings. The number of H-pyrrole nitrogens is 1. The van der Waals surface area contributed by atoms with Crippen LogP contribution < -0.4 is 10.7 Å². The third-order valence-electron chi connectivity index (χ3n) is 4.88. The summed E-state index contributed by atoms with van der Waals surface area (Å²) in [4.78, 5) is 29.1. The average Bonchev–Trinajstić information content (AvgIpc) is 3.24. The summed E-state index contributed by atoms with van der Waals surface area (Å²) >= 11 is 0. The molecule has 3 heterocycles. The molecule has 2 N–H and O–H groups in total. The fourth-order valence-electron chi connectivity index (χ4n) is 3.51. The molecule has 3 aromatic heterocycles. The molecule has 0 spiro atoms. The van der Waals surface area contributed by atoms with E-state index in [0.29, 0.717) is 39.3 Å². The van der Waals surface area contributed by atoms with Crippen molar-refractivity contribution in [3.05, 3.63) is 83.0 Å². The number of para-hydroxylation sites is 1. The van der Waals surface area contributed by atoms with Crippen molar-refractivity contribution in [3.8, 4) is 11.3 Å². The van der Waals surface area contributed by atoms with Crippen LogP contribution in [0.4, 0.5) is 5.82 Å². The van der Waals surface area contributed by atoms with Crippen molar-refractivity contribution in [1.82, 2.24) is 19.9 Å². The molecule has 7 heteroatoms. The quantitative estimate of drug-likeness (QED) is 0.480. The van der Waals surface area contributed by atoms with Crippen LogP contribution in [0.1, 0.15) is 18.5 Å². The molecule has 0 saturated heterocycles. The summed E-state index contributed by atoms with van der Waals surface area (Å²) in [7, 11) is 0. The number of aromatic nitrogens is 4. The van der Waals surface area contributed by atoms with Gasteiger partial charge in [0.05, 0.1) is 23.3 Å². The smallest absolute Gasteiger partial charge is 0.198 e. The highest BCUT2D eigenvalue weighted by Gasteiger charge is 2.22. The highest BCUT2D eigenvalue weighted by atomic mass is 16.3. The molecule has 5 aromatic rings. The lowest BCUT2D eigenvalue weighted by Gasteiger charge is -2.18. The molecule has 5 rings (SSSR count). The van der Waals surface area contributed by atoms with Crippen LogP contribution in [0.15, 0.2) is 76.5 Å². The number of aromatic amines is 1. The van der Waals surface area contributed by atoms with Crippen LogP contribution in [0.25, 0.3) is 33.5 Å². The first kappa shape index (κ1) is 17.1. The van der Waals surface area contributed by atoms with Crippen LogP contribution in [0.5, 0.6) is 0 Å². The minimum Gasteiger partial charge on any atom is -0.455 e. The minimum atomic E-state index is -0.368. The van der Waals surface area contributed by atoms with E-state index < -0.39 is 0 Å². The standard InChI is InChI=1S/C22H17N5O2/c1-13(27-22-18-21(24-11-23-18)25-12-26-22)17-19(28)15-9-5-6-10-16(15)29-20(17)14-7-3-2-4-8-14/h2-13H,1H3,(H2,23,24,25,26,27). The molecule has 7 nitrogen and oxygen atoms in total. The van der Waals surface area contributed by atoms with Crippen molar-refractivity contribution in [3.63, 3.8) is 0 Å². The number of anilines is 1. The molecular formula is C22H17N5O2. The van der Waals surface area contributed by atoms with Gasteiger partial charge in [-0.15, -0.1) is 0 Å². The maximum Gasteiger partial charge on any atom is 0.198 e. The zero-order chi connectivity index (χ0) is 19.8. The van der Waals surface area contributed by atoms with Gasteiger partial charge in [0.15, 0.2) is 16.9 Å². The summed E-state index contributed by atoms with van der Waals surface area (Å²) < 4.78 is 6.20. The van der Waals surface area contributed by atoms with E-state index in [0.717, 1.165) is 5.56 Å². The Balaban J connectivity index is 1.69. The Kier molecular flexibility index (Phi) is 4.05. The second-order valence-electron chi connectivity index (χ2n) is 6.73. The van der Waals surface area contributed by atoms with E-state index in [1.165, 1.54) is 6.33 Å². The molecule has 1 unspecified atom stereocenters. The minimum absolute atomic E-state index is 0.0689. The van der Waals surface area contributed by atoms with E-state index >= 15 is 0 Å². The number of imidazole rings is 1. The van der Waals surface area contributed by atoms with Gasteiger partial charge in [0.25, 0.3) is 0 Å². The van der Waals surface area contributed by atoms with Gasteiger partial charge < -0.3 is 14.7 Å². The van der Waals surface area contributed by atoms with E-state index in [1.54, 1.807) is 12.4 Å². The number of fused-ring (bicyclic) bond motifs is 2. The molecule has 0 amide bonds. The first-order chi connectivity index (χ1) is 14.2. The monoisotopic (exact) mass is 383 g/mol. The number of benzene rings is 2. The molecule has 29 heavy (non-hydrogen) atoms. The van der Waals surface area contributed by atoms with Gasteiger partial charge in [-0.25, -0.2) is 15.0 Å². The van der Waals surface area contributed by atoms with Gasteiger partial charge in [0.1, 0.15) is 23.2 Å². The van der Waals surface area contributed by atoms with E-state index in [1.807, 2.05) is 55.5 Å². The van der Waals surface area contributed by atoms with E-state index in [-0.39, 0.29) is 11.5 Å². The van der Waals surface area contributed by atoms with Crippen LogP contribution in [-0.4, -0.2) is 19.9 Å². The summed E-state index contributed by atoms with van der Waals surface area (Å²) in [5, 5.41) is 3.87. The second kappa shape index (κ2) is 6.87. The van der Waals surface area contributed by atoms with Crippen LogP contribution >= 0.6 is 0 Å². The Morgan fingerprint density at radius 3 is 2.66 bits per heavy atom. The molecule has 0 saturated carbocycles. The lowest BCUT2D eigenvalue weighted by Crippen LogP contribution is -2.19. The molecule has 0 bridgehead atoms. The predicted octanol–water partition coefficient (Wildman–Crippen LogP) is 4.30. The Labute approximate surface area is 165 Å². The number of hydrogen-bond acceptors (Lipinski definition) is 6. The van der Waals surface area contributed by atoms with E-state index in [2.05, 4.69) is 25.3 Å².